The monoisotopic (exact) mass is 194 g/mol. The van der Waals surface area contributed by atoms with Crippen LogP contribution < -0.4 is 0 Å². The van der Waals surface area contributed by atoms with Gasteiger partial charge in [0.25, 0.3) is 0 Å². The van der Waals surface area contributed by atoms with Gasteiger partial charge in [0.1, 0.15) is 0 Å². The molecule has 1 saturated heterocycles. The predicted molar refractivity (Wildman–Crippen MR) is 53.8 cm³/mol. The fourth-order valence-corrected chi connectivity index (χ4v) is 2.76. The highest BCUT2D eigenvalue weighted by atomic mass is 16.5. The molecule has 0 bridgehead atoms. The molecule has 2 atom stereocenters. The lowest BCUT2D eigenvalue weighted by Gasteiger charge is -2.35. The molecule has 78 valence electrons. The molecule has 2 rings (SSSR count). The topological polar surface area (TPSA) is 36.3 Å². The van der Waals surface area contributed by atoms with E-state index in [1.54, 1.807) is 0 Å². The maximum Gasteiger partial charge on any atom is 0.0625 e. The van der Waals surface area contributed by atoms with Crippen LogP contribution in [0.25, 0.3) is 0 Å². The van der Waals surface area contributed by atoms with Crippen LogP contribution in [-0.4, -0.2) is 37.2 Å². The average Bonchev–Trinajstić information content (AvgIpc) is 2.68. The minimum Gasteiger partial charge on any atom is -0.379 e. The Bertz CT molecular complexity index is 218. The predicted octanol–water partition coefficient (Wildman–Crippen LogP) is 1.40. The maximum atomic E-state index is 8.75. The van der Waals surface area contributed by atoms with Crippen molar-refractivity contribution in [2.24, 2.45) is 5.92 Å². The average molecular weight is 194 g/mol. The summed E-state index contributed by atoms with van der Waals surface area (Å²) in [6.45, 7) is 3.87. The van der Waals surface area contributed by atoms with Crippen LogP contribution in [0.4, 0.5) is 0 Å². The third kappa shape index (κ3) is 2.08. The van der Waals surface area contributed by atoms with Crippen LogP contribution in [0.3, 0.4) is 0 Å². The van der Waals surface area contributed by atoms with Gasteiger partial charge in [-0.25, -0.2) is 0 Å². The van der Waals surface area contributed by atoms with Crippen LogP contribution in [0, 0.1) is 17.2 Å². The molecule has 3 nitrogen and oxygen atoms in total. The summed E-state index contributed by atoms with van der Waals surface area (Å²) in [6.07, 6.45) is 4.57. The van der Waals surface area contributed by atoms with Crippen LogP contribution in [-0.2, 0) is 4.74 Å². The quantitative estimate of drug-likeness (QED) is 0.666. The summed E-state index contributed by atoms with van der Waals surface area (Å²) >= 11 is 0. The highest BCUT2D eigenvalue weighted by Gasteiger charge is 2.32. The van der Waals surface area contributed by atoms with Crippen LogP contribution >= 0.6 is 0 Å². The van der Waals surface area contributed by atoms with E-state index in [1.165, 1.54) is 19.3 Å². The first-order valence-corrected chi connectivity index (χ1v) is 5.60. The fourth-order valence-electron chi connectivity index (χ4n) is 2.76. The largest absolute Gasteiger partial charge is 0.379 e. The number of hydrogen-bond donors (Lipinski definition) is 0. The standard InChI is InChI=1S/C11H18N2O/c12-5-4-10-2-1-3-11(10)13-6-8-14-9-7-13/h10-11H,1-4,6-9H2/t10-,11+/m1/s1. The molecule has 0 unspecified atom stereocenters. The van der Waals surface area contributed by atoms with Crippen molar-refractivity contribution in [1.82, 2.24) is 4.90 Å². The number of morpholine rings is 1. The molecule has 3 heteroatoms. The Balaban J connectivity index is 1.91. The van der Waals surface area contributed by atoms with Crippen molar-refractivity contribution in [2.75, 3.05) is 26.3 Å². The van der Waals surface area contributed by atoms with E-state index in [0.717, 1.165) is 32.7 Å². The molecule has 0 radical (unpaired) electrons. The highest BCUT2D eigenvalue weighted by molar-refractivity contribution is 4.91. The van der Waals surface area contributed by atoms with Gasteiger partial charge >= 0.3 is 0 Å². The molecule has 1 aliphatic heterocycles. The minimum atomic E-state index is 0.623. The van der Waals surface area contributed by atoms with Crippen molar-refractivity contribution in [3.8, 4) is 6.07 Å². The SMILES string of the molecule is N#CC[C@H]1CCC[C@@H]1N1CCOCC1. The first-order valence-electron chi connectivity index (χ1n) is 5.60. The van der Waals surface area contributed by atoms with Gasteiger partial charge in [0.2, 0.25) is 0 Å². The zero-order chi connectivity index (χ0) is 9.80. The zero-order valence-corrected chi connectivity index (χ0v) is 8.61. The third-order valence-corrected chi connectivity index (χ3v) is 3.49. The van der Waals surface area contributed by atoms with E-state index in [1.807, 2.05) is 0 Å². The second-order valence-corrected chi connectivity index (χ2v) is 4.27. The van der Waals surface area contributed by atoms with Gasteiger partial charge in [-0.2, -0.15) is 5.26 Å². The lowest BCUT2D eigenvalue weighted by Crippen LogP contribution is -2.45. The van der Waals surface area contributed by atoms with Gasteiger partial charge in [0.05, 0.1) is 19.3 Å². The minimum absolute atomic E-state index is 0.623. The normalized spacial score (nSPS) is 34.2. The molecular weight excluding hydrogens is 176 g/mol. The summed E-state index contributed by atoms with van der Waals surface area (Å²) in [5.74, 6) is 0.623. The molecule has 2 aliphatic rings. The molecule has 0 N–H and O–H groups in total. The van der Waals surface area contributed by atoms with Crippen molar-refractivity contribution in [3.05, 3.63) is 0 Å². The maximum absolute atomic E-state index is 8.75. The highest BCUT2D eigenvalue weighted by Crippen LogP contribution is 2.32. The first kappa shape index (κ1) is 9.95. The number of nitrogens with zero attached hydrogens (tertiary/aromatic N) is 2. The molecule has 2 fully saturated rings. The Kier molecular flexibility index (Phi) is 3.39. The number of rotatable bonds is 2. The van der Waals surface area contributed by atoms with Gasteiger partial charge in [-0.1, -0.05) is 6.42 Å². The molecule has 1 aliphatic carbocycles. The van der Waals surface area contributed by atoms with Crippen molar-refractivity contribution in [2.45, 2.75) is 31.7 Å². The van der Waals surface area contributed by atoms with Gasteiger partial charge in [-0.15, -0.1) is 0 Å². The Hall–Kier alpha value is -0.590. The molecule has 0 amide bonds. The van der Waals surface area contributed by atoms with E-state index < -0.39 is 0 Å². The van der Waals surface area contributed by atoms with E-state index in [-0.39, 0.29) is 0 Å². The fraction of sp³-hybridized carbons (Fsp3) is 0.909. The van der Waals surface area contributed by atoms with Gasteiger partial charge in [-0.3, -0.25) is 4.90 Å². The number of nitriles is 1. The van der Waals surface area contributed by atoms with Gasteiger partial charge in [0.15, 0.2) is 0 Å². The smallest absolute Gasteiger partial charge is 0.0625 e. The van der Waals surface area contributed by atoms with E-state index >= 15 is 0 Å². The van der Waals surface area contributed by atoms with E-state index in [2.05, 4.69) is 11.0 Å². The molecule has 1 saturated carbocycles. The van der Waals surface area contributed by atoms with Crippen molar-refractivity contribution in [3.63, 3.8) is 0 Å². The molecule has 14 heavy (non-hydrogen) atoms. The van der Waals surface area contributed by atoms with Gasteiger partial charge < -0.3 is 4.74 Å². The van der Waals surface area contributed by atoms with Crippen molar-refractivity contribution < 1.29 is 4.74 Å². The third-order valence-electron chi connectivity index (χ3n) is 3.49. The van der Waals surface area contributed by atoms with Crippen molar-refractivity contribution in [1.29, 1.82) is 5.26 Å². The molecule has 0 spiro atoms. The summed E-state index contributed by atoms with van der Waals surface area (Å²) in [6, 6.07) is 2.99. The van der Waals surface area contributed by atoms with E-state index in [0.29, 0.717) is 12.0 Å². The summed E-state index contributed by atoms with van der Waals surface area (Å²) in [5.41, 5.74) is 0. The molecule has 0 aromatic carbocycles. The van der Waals surface area contributed by atoms with Crippen LogP contribution in [0.15, 0.2) is 0 Å². The summed E-state index contributed by atoms with van der Waals surface area (Å²) in [7, 11) is 0. The number of hydrogen-bond acceptors (Lipinski definition) is 3. The Morgan fingerprint density at radius 3 is 2.79 bits per heavy atom. The first-order chi connectivity index (χ1) is 6.92. The number of ether oxygens (including phenoxy) is 1. The van der Waals surface area contributed by atoms with Crippen molar-refractivity contribution >= 4 is 0 Å². The second-order valence-electron chi connectivity index (χ2n) is 4.27. The summed E-state index contributed by atoms with van der Waals surface area (Å²) in [4.78, 5) is 2.53. The Morgan fingerprint density at radius 2 is 2.07 bits per heavy atom. The van der Waals surface area contributed by atoms with Gasteiger partial charge in [0, 0.05) is 25.6 Å². The lowest BCUT2D eigenvalue weighted by atomic mass is 9.99. The lowest BCUT2D eigenvalue weighted by molar-refractivity contribution is 0.00864. The second kappa shape index (κ2) is 4.77. The Labute approximate surface area is 85.6 Å². The van der Waals surface area contributed by atoms with Gasteiger partial charge in [-0.05, 0) is 18.8 Å². The zero-order valence-electron chi connectivity index (χ0n) is 8.61. The summed E-state index contributed by atoms with van der Waals surface area (Å²) in [5, 5.41) is 8.75. The van der Waals surface area contributed by atoms with Crippen LogP contribution in [0.5, 0.6) is 0 Å². The molecule has 0 aromatic rings. The van der Waals surface area contributed by atoms with Crippen LogP contribution in [0.2, 0.25) is 0 Å². The molecule has 1 heterocycles. The van der Waals surface area contributed by atoms with E-state index in [9.17, 15) is 0 Å². The van der Waals surface area contributed by atoms with E-state index in [4.69, 9.17) is 10.00 Å². The molecular formula is C11H18N2O. The Morgan fingerprint density at radius 1 is 1.29 bits per heavy atom. The molecule has 0 aromatic heterocycles. The van der Waals surface area contributed by atoms with Crippen LogP contribution in [0.1, 0.15) is 25.7 Å². The summed E-state index contributed by atoms with van der Waals surface area (Å²) < 4.78 is 5.35.